The van der Waals surface area contributed by atoms with Gasteiger partial charge in [0.25, 0.3) is 0 Å². The third-order valence-electron chi connectivity index (χ3n) is 4.87. The molecule has 0 saturated heterocycles. The van der Waals surface area contributed by atoms with Crippen molar-refractivity contribution in [1.29, 1.82) is 0 Å². The molecule has 0 radical (unpaired) electrons. The molecule has 1 saturated carbocycles. The highest BCUT2D eigenvalue weighted by molar-refractivity contribution is 7.97. The summed E-state index contributed by atoms with van der Waals surface area (Å²) in [6, 6.07) is 10.6. The number of fused-ring (bicyclic) bond motifs is 1. The number of aromatic nitrogens is 4. The Labute approximate surface area is 168 Å². The van der Waals surface area contributed by atoms with Crippen LogP contribution in [0.1, 0.15) is 24.4 Å². The minimum Gasteiger partial charge on any atom is -0.385 e. The van der Waals surface area contributed by atoms with Crippen LogP contribution in [0.4, 0.5) is 11.5 Å². The van der Waals surface area contributed by atoms with Crippen molar-refractivity contribution < 1.29 is 0 Å². The van der Waals surface area contributed by atoms with Crippen molar-refractivity contribution in [2.75, 3.05) is 17.2 Å². The maximum absolute atomic E-state index is 4.50. The first kappa shape index (κ1) is 17.2. The summed E-state index contributed by atoms with van der Waals surface area (Å²) in [6.07, 6.45) is 8.63. The van der Waals surface area contributed by atoms with E-state index in [9.17, 15) is 0 Å². The normalized spacial score (nSPS) is 15.9. The number of hydrogen-bond acceptors (Lipinski definition) is 6. The first-order valence-electron chi connectivity index (χ1n) is 9.55. The molecule has 1 aliphatic heterocycles. The van der Waals surface area contributed by atoms with Crippen LogP contribution >= 0.6 is 11.9 Å². The number of H-pyrrole nitrogens is 1. The molecule has 1 aromatic carbocycles. The lowest BCUT2D eigenvalue weighted by Gasteiger charge is -2.26. The molecule has 8 heteroatoms. The Balaban J connectivity index is 1.29. The minimum absolute atomic E-state index is 0.740. The zero-order chi connectivity index (χ0) is 18.9. The number of nitrogens with zero attached hydrogens (tertiary/aromatic N) is 4. The van der Waals surface area contributed by atoms with Crippen LogP contribution in [0.5, 0.6) is 0 Å². The van der Waals surface area contributed by atoms with E-state index in [1.165, 1.54) is 23.4 Å². The molecule has 7 nitrogen and oxygen atoms in total. The minimum atomic E-state index is 0.740. The van der Waals surface area contributed by atoms with Crippen LogP contribution in [0.3, 0.4) is 0 Å². The third kappa shape index (κ3) is 3.87. The summed E-state index contributed by atoms with van der Waals surface area (Å²) >= 11 is 1.70. The van der Waals surface area contributed by atoms with Gasteiger partial charge in [-0.2, -0.15) is 5.10 Å². The molecular weight excluding hydrogens is 370 g/mol. The molecule has 0 bridgehead atoms. The number of nitrogens with one attached hydrogen (secondary N) is 3. The molecule has 0 spiro atoms. The van der Waals surface area contributed by atoms with Crippen LogP contribution in [-0.4, -0.2) is 30.6 Å². The largest absolute Gasteiger partial charge is 0.385 e. The number of anilines is 2. The van der Waals surface area contributed by atoms with Crippen molar-refractivity contribution in [2.24, 2.45) is 5.92 Å². The first-order chi connectivity index (χ1) is 13.7. The second-order valence-electron chi connectivity index (χ2n) is 7.30. The van der Waals surface area contributed by atoms with E-state index >= 15 is 0 Å². The van der Waals surface area contributed by atoms with Gasteiger partial charge in [-0.05, 0) is 61.9 Å². The smallest absolute Gasteiger partial charge is 0.153 e. The number of hydrogen-bond donors (Lipinski definition) is 3. The summed E-state index contributed by atoms with van der Waals surface area (Å²) in [5.41, 5.74) is 2.21. The molecule has 144 valence electrons. The second-order valence-corrected chi connectivity index (χ2v) is 8.43. The molecule has 3 heterocycles. The average Bonchev–Trinajstić information content (AvgIpc) is 3.25. The average molecular weight is 394 g/mol. The van der Waals surface area contributed by atoms with Crippen molar-refractivity contribution in [3.05, 3.63) is 60.4 Å². The van der Waals surface area contributed by atoms with Crippen LogP contribution in [0.25, 0.3) is 5.82 Å². The second kappa shape index (κ2) is 7.27. The summed E-state index contributed by atoms with van der Waals surface area (Å²) in [7, 11) is 0. The molecule has 3 N–H and O–H groups in total. The van der Waals surface area contributed by atoms with Crippen LogP contribution < -0.4 is 10.6 Å². The molecule has 2 aromatic heterocycles. The van der Waals surface area contributed by atoms with E-state index in [2.05, 4.69) is 65.2 Å². The molecule has 3 aromatic rings. The fourth-order valence-corrected chi connectivity index (χ4v) is 4.03. The number of benzene rings is 1. The van der Waals surface area contributed by atoms with Crippen LogP contribution in [0.15, 0.2) is 53.8 Å². The third-order valence-corrected chi connectivity index (χ3v) is 5.82. The van der Waals surface area contributed by atoms with Gasteiger partial charge in [0.05, 0.1) is 12.7 Å². The van der Waals surface area contributed by atoms with E-state index in [1.807, 2.05) is 25.4 Å². The number of imidazole rings is 1. The summed E-state index contributed by atoms with van der Waals surface area (Å²) in [6.45, 7) is 3.82. The topological polar surface area (TPSA) is 73.8 Å². The van der Waals surface area contributed by atoms with Crippen molar-refractivity contribution in [3.8, 4) is 0 Å². The van der Waals surface area contributed by atoms with Gasteiger partial charge >= 0.3 is 0 Å². The molecule has 0 unspecified atom stereocenters. The Morgan fingerprint density at radius 1 is 1.25 bits per heavy atom. The lowest BCUT2D eigenvalue weighted by molar-refractivity contribution is 0.562. The number of aromatic amines is 1. The zero-order valence-corrected chi connectivity index (χ0v) is 16.5. The highest BCUT2D eigenvalue weighted by Gasteiger charge is 2.21. The van der Waals surface area contributed by atoms with Crippen molar-refractivity contribution >= 4 is 29.3 Å². The highest BCUT2D eigenvalue weighted by Crippen LogP contribution is 2.32. The van der Waals surface area contributed by atoms with E-state index < -0.39 is 0 Å². The van der Waals surface area contributed by atoms with Gasteiger partial charge in [0.2, 0.25) is 0 Å². The summed E-state index contributed by atoms with van der Waals surface area (Å²) in [5, 5.41) is 14.1. The molecule has 0 amide bonds. The van der Waals surface area contributed by atoms with Gasteiger partial charge in [0.1, 0.15) is 11.6 Å². The lowest BCUT2D eigenvalue weighted by atomic mass is 10.3. The summed E-state index contributed by atoms with van der Waals surface area (Å²) in [5.74, 6) is 3.59. The Kier molecular flexibility index (Phi) is 4.48. The van der Waals surface area contributed by atoms with Gasteiger partial charge in [-0.1, -0.05) is 0 Å². The fourth-order valence-electron chi connectivity index (χ4n) is 3.17. The van der Waals surface area contributed by atoms with Crippen LogP contribution in [0, 0.1) is 12.8 Å². The van der Waals surface area contributed by atoms with E-state index in [1.54, 1.807) is 11.9 Å². The van der Waals surface area contributed by atoms with Gasteiger partial charge in [-0.25, -0.2) is 4.98 Å². The molecule has 28 heavy (non-hydrogen) atoms. The standard InChI is InChI=1S/C20H23N7S/c1-14-10-18(25-24-14)23-20-13-26(12-19-21-8-9-27(19)20)28-17-6-4-16(5-7-17)22-11-15-2-3-15/h4-10,13,15,22H,2-3,11-12H2,1H3,(H2,23,24,25). The molecule has 0 atom stereocenters. The van der Waals surface area contributed by atoms with Crippen molar-refractivity contribution in [2.45, 2.75) is 31.2 Å². The zero-order valence-electron chi connectivity index (χ0n) is 15.7. The first-order valence-corrected chi connectivity index (χ1v) is 10.3. The van der Waals surface area contributed by atoms with Gasteiger partial charge in [-0.3, -0.25) is 9.67 Å². The molecular formula is C20H23N7S. The predicted octanol–water partition coefficient (Wildman–Crippen LogP) is 4.13. The molecule has 1 aliphatic carbocycles. The van der Waals surface area contributed by atoms with E-state index in [0.29, 0.717) is 0 Å². The monoisotopic (exact) mass is 393 g/mol. The predicted molar refractivity (Wildman–Crippen MR) is 113 cm³/mol. The number of aryl methyl sites for hydroxylation is 1. The van der Waals surface area contributed by atoms with Gasteiger partial charge in [-0.15, -0.1) is 0 Å². The fraction of sp³-hybridized carbons (Fsp3) is 0.300. The SMILES string of the molecule is Cc1cc(NC2=CN(Sc3ccc(NCC4CC4)cc3)Cc3nccn32)n[nH]1. The van der Waals surface area contributed by atoms with Crippen LogP contribution in [-0.2, 0) is 6.54 Å². The van der Waals surface area contributed by atoms with Gasteiger partial charge < -0.3 is 14.9 Å². The number of rotatable bonds is 7. The van der Waals surface area contributed by atoms with E-state index in [4.69, 9.17) is 0 Å². The lowest BCUT2D eigenvalue weighted by Crippen LogP contribution is -2.23. The summed E-state index contributed by atoms with van der Waals surface area (Å²) in [4.78, 5) is 5.69. The maximum Gasteiger partial charge on any atom is 0.153 e. The van der Waals surface area contributed by atoms with Gasteiger partial charge in [0, 0.05) is 41.3 Å². The van der Waals surface area contributed by atoms with E-state index in [0.717, 1.165) is 42.2 Å². The maximum atomic E-state index is 4.50. The Morgan fingerprint density at radius 3 is 2.86 bits per heavy atom. The summed E-state index contributed by atoms with van der Waals surface area (Å²) < 4.78 is 4.25. The van der Waals surface area contributed by atoms with Crippen molar-refractivity contribution in [3.63, 3.8) is 0 Å². The molecule has 1 fully saturated rings. The Hall–Kier alpha value is -2.87. The van der Waals surface area contributed by atoms with Gasteiger partial charge in [0.15, 0.2) is 5.82 Å². The molecule has 2 aliphatic rings. The van der Waals surface area contributed by atoms with E-state index in [-0.39, 0.29) is 0 Å². The quantitative estimate of drug-likeness (QED) is 0.524. The highest BCUT2D eigenvalue weighted by atomic mass is 32.2. The van der Waals surface area contributed by atoms with Crippen LogP contribution in [0.2, 0.25) is 0 Å². The Bertz CT molecular complexity index is 984. The van der Waals surface area contributed by atoms with Crippen molar-refractivity contribution in [1.82, 2.24) is 24.1 Å². The Morgan fingerprint density at radius 2 is 2.11 bits per heavy atom. The molecule has 5 rings (SSSR count).